The Morgan fingerprint density at radius 2 is 2.18 bits per heavy atom. The lowest BCUT2D eigenvalue weighted by atomic mass is 9.92. The third kappa shape index (κ3) is 4.43. The molecule has 2 heterocycles. The van der Waals surface area contributed by atoms with Crippen LogP contribution in [0.5, 0.6) is 0 Å². The SMILES string of the molecule is O=C1O[C@@H](CNC(=S)C(F)F)CN1c1ccc(C2C=CSC(O)C2O)c(F)c1. The van der Waals surface area contributed by atoms with E-state index in [1.807, 2.05) is 0 Å². The van der Waals surface area contributed by atoms with Crippen molar-refractivity contribution in [3.63, 3.8) is 0 Å². The van der Waals surface area contributed by atoms with E-state index >= 15 is 0 Å². The number of rotatable bonds is 5. The number of aliphatic hydroxyl groups is 2. The molecule has 4 atom stereocenters. The number of nitrogens with zero attached hydrogens (tertiary/aromatic N) is 1. The molecule has 2 aliphatic heterocycles. The predicted octanol–water partition coefficient (Wildman–Crippen LogP) is 2.36. The zero-order chi connectivity index (χ0) is 20.4. The molecule has 3 rings (SSSR count). The van der Waals surface area contributed by atoms with Crippen molar-refractivity contribution in [3.8, 4) is 0 Å². The van der Waals surface area contributed by atoms with Gasteiger partial charge in [-0.05, 0) is 23.1 Å². The second-order valence-corrected chi connectivity index (χ2v) is 7.71. The molecular weight excluding hydrogens is 417 g/mol. The van der Waals surface area contributed by atoms with Gasteiger partial charge in [0.25, 0.3) is 6.43 Å². The van der Waals surface area contributed by atoms with E-state index in [4.69, 9.17) is 4.74 Å². The number of cyclic esters (lactones) is 1. The van der Waals surface area contributed by atoms with E-state index in [2.05, 4.69) is 17.5 Å². The van der Waals surface area contributed by atoms with Crippen LogP contribution in [-0.4, -0.2) is 58.5 Å². The summed E-state index contributed by atoms with van der Waals surface area (Å²) in [6, 6.07) is 4.05. The Labute approximate surface area is 168 Å². The highest BCUT2D eigenvalue weighted by atomic mass is 32.2. The lowest BCUT2D eigenvalue weighted by Crippen LogP contribution is -2.36. The van der Waals surface area contributed by atoms with E-state index in [9.17, 15) is 28.2 Å². The number of halogens is 3. The molecule has 2 aliphatic rings. The summed E-state index contributed by atoms with van der Waals surface area (Å²) < 4.78 is 44.5. The van der Waals surface area contributed by atoms with Gasteiger partial charge in [-0.25, -0.2) is 18.0 Å². The molecule has 0 spiro atoms. The number of thioether (sulfide) groups is 1. The largest absolute Gasteiger partial charge is 0.442 e. The van der Waals surface area contributed by atoms with Crippen molar-refractivity contribution in [3.05, 3.63) is 41.1 Å². The van der Waals surface area contributed by atoms with Crippen LogP contribution in [0.15, 0.2) is 29.7 Å². The third-order valence-electron chi connectivity index (χ3n) is 4.40. The van der Waals surface area contributed by atoms with Gasteiger partial charge >= 0.3 is 6.09 Å². The minimum atomic E-state index is -2.80. The molecule has 0 radical (unpaired) electrons. The fourth-order valence-corrected chi connectivity index (χ4v) is 3.79. The van der Waals surface area contributed by atoms with Gasteiger partial charge in [-0.2, -0.15) is 0 Å². The van der Waals surface area contributed by atoms with Crippen LogP contribution in [0.25, 0.3) is 0 Å². The van der Waals surface area contributed by atoms with Crippen LogP contribution in [0.3, 0.4) is 0 Å². The third-order valence-corrected chi connectivity index (χ3v) is 5.59. The predicted molar refractivity (Wildman–Crippen MR) is 102 cm³/mol. The van der Waals surface area contributed by atoms with E-state index in [1.165, 1.54) is 17.0 Å². The van der Waals surface area contributed by atoms with Gasteiger partial charge < -0.3 is 20.3 Å². The van der Waals surface area contributed by atoms with E-state index in [0.29, 0.717) is 0 Å². The Balaban J connectivity index is 1.70. The number of thiocarbonyl (C=S) groups is 1. The fourth-order valence-electron chi connectivity index (χ4n) is 2.95. The summed E-state index contributed by atoms with van der Waals surface area (Å²) in [7, 11) is 0. The minimum Gasteiger partial charge on any atom is -0.442 e. The number of alkyl halides is 2. The standard InChI is InChI=1S/C17H17F3N2O4S2/c18-12-5-8(1-2-10(12)11-3-4-28-16(24)13(11)23)22-7-9(26-17(22)25)6-21-15(27)14(19)20/h1-5,9,11,13-14,16,23-24H,6-7H2,(H,21,27)/t9-,11?,13?,16?/m0/s1. The lowest BCUT2D eigenvalue weighted by molar-refractivity contribution is 0.0613. The van der Waals surface area contributed by atoms with Gasteiger partial charge in [-0.1, -0.05) is 24.4 Å². The maximum Gasteiger partial charge on any atom is 0.414 e. The molecule has 1 saturated heterocycles. The fraction of sp³-hybridized carbons (Fsp3) is 0.412. The normalized spacial score (nSPS) is 27.2. The van der Waals surface area contributed by atoms with Crippen LogP contribution < -0.4 is 10.2 Å². The van der Waals surface area contributed by atoms with Gasteiger partial charge in [0, 0.05) is 5.92 Å². The highest BCUT2D eigenvalue weighted by molar-refractivity contribution is 8.02. The van der Waals surface area contributed by atoms with E-state index < -0.39 is 46.9 Å². The van der Waals surface area contributed by atoms with Crippen LogP contribution in [0.1, 0.15) is 11.5 Å². The Kier molecular flexibility index (Phi) is 6.48. The molecule has 1 fully saturated rings. The van der Waals surface area contributed by atoms with E-state index in [0.717, 1.165) is 17.8 Å². The van der Waals surface area contributed by atoms with Crippen LogP contribution in [-0.2, 0) is 4.74 Å². The number of benzene rings is 1. The monoisotopic (exact) mass is 434 g/mol. The maximum atomic E-state index is 14.6. The molecule has 11 heteroatoms. The van der Waals surface area contributed by atoms with Crippen molar-refractivity contribution >= 4 is 40.7 Å². The van der Waals surface area contributed by atoms with Gasteiger partial charge in [-0.3, -0.25) is 4.90 Å². The molecule has 0 saturated carbocycles. The van der Waals surface area contributed by atoms with Gasteiger partial charge in [0.2, 0.25) is 0 Å². The van der Waals surface area contributed by atoms with Crippen LogP contribution in [0, 0.1) is 5.82 Å². The lowest BCUT2D eigenvalue weighted by Gasteiger charge is -2.28. The van der Waals surface area contributed by atoms with Crippen LogP contribution in [0.4, 0.5) is 23.7 Å². The molecule has 1 aromatic carbocycles. The summed E-state index contributed by atoms with van der Waals surface area (Å²) in [5, 5.41) is 23.7. The highest BCUT2D eigenvalue weighted by Gasteiger charge is 2.34. The first-order chi connectivity index (χ1) is 13.3. The number of anilines is 1. The van der Waals surface area contributed by atoms with Gasteiger partial charge in [0.15, 0.2) is 0 Å². The Morgan fingerprint density at radius 3 is 2.86 bits per heavy atom. The van der Waals surface area contributed by atoms with Gasteiger partial charge in [0.1, 0.15) is 22.3 Å². The highest BCUT2D eigenvalue weighted by Crippen LogP contribution is 2.35. The number of hydrogen-bond acceptors (Lipinski definition) is 6. The molecule has 152 valence electrons. The minimum absolute atomic E-state index is 0.0395. The molecule has 3 N–H and O–H groups in total. The summed E-state index contributed by atoms with van der Waals surface area (Å²) in [5.41, 5.74) is -0.649. The van der Waals surface area contributed by atoms with Crippen molar-refractivity contribution in [1.82, 2.24) is 5.32 Å². The molecule has 1 amide bonds. The van der Waals surface area contributed by atoms with Crippen molar-refractivity contribution in [2.24, 2.45) is 0 Å². The average molecular weight is 434 g/mol. The van der Waals surface area contributed by atoms with E-state index in [-0.39, 0.29) is 24.3 Å². The molecule has 1 aromatic rings. The van der Waals surface area contributed by atoms with Gasteiger partial charge in [-0.15, -0.1) is 11.8 Å². The number of nitrogens with one attached hydrogen (secondary N) is 1. The molecule has 0 bridgehead atoms. The first-order valence-corrected chi connectivity index (χ1v) is 9.64. The van der Waals surface area contributed by atoms with Crippen LogP contribution in [0.2, 0.25) is 0 Å². The zero-order valence-electron chi connectivity index (χ0n) is 14.3. The van der Waals surface area contributed by atoms with Crippen LogP contribution >= 0.6 is 24.0 Å². The van der Waals surface area contributed by atoms with Gasteiger partial charge in [0.05, 0.1) is 24.9 Å². The number of amides is 1. The number of carbonyl (C=O) groups is 1. The number of hydrogen-bond donors (Lipinski definition) is 3. The molecule has 6 nitrogen and oxygen atoms in total. The summed E-state index contributed by atoms with van der Waals surface area (Å²) >= 11 is 5.50. The van der Waals surface area contributed by atoms with Crippen molar-refractivity contribution in [1.29, 1.82) is 0 Å². The molecule has 28 heavy (non-hydrogen) atoms. The summed E-state index contributed by atoms with van der Waals surface area (Å²) in [4.78, 5) is 12.6. The summed E-state index contributed by atoms with van der Waals surface area (Å²) in [6.45, 7) is -0.0433. The van der Waals surface area contributed by atoms with Crippen molar-refractivity contribution in [2.45, 2.75) is 30.0 Å². The number of carbonyl (C=O) groups excluding carboxylic acids is 1. The molecule has 0 aliphatic carbocycles. The second-order valence-electron chi connectivity index (χ2n) is 6.24. The molecular formula is C17H17F3N2O4S2. The molecule has 3 unspecified atom stereocenters. The Hall–Kier alpha value is -1.82. The number of aliphatic hydroxyl groups excluding tert-OH is 2. The number of ether oxygens (including phenoxy) is 1. The Morgan fingerprint density at radius 1 is 1.43 bits per heavy atom. The summed E-state index contributed by atoms with van der Waals surface area (Å²) in [6.07, 6.45) is -3.82. The smallest absolute Gasteiger partial charge is 0.414 e. The topological polar surface area (TPSA) is 82.0 Å². The summed E-state index contributed by atoms with van der Waals surface area (Å²) in [5.74, 6) is -1.37. The van der Waals surface area contributed by atoms with Crippen molar-refractivity contribution in [2.75, 3.05) is 18.0 Å². The maximum absolute atomic E-state index is 14.6. The van der Waals surface area contributed by atoms with Crippen molar-refractivity contribution < 1.29 is 32.9 Å². The average Bonchev–Trinajstić information content (AvgIpc) is 3.03. The zero-order valence-corrected chi connectivity index (χ0v) is 15.9. The Bertz CT molecular complexity index is 796. The van der Waals surface area contributed by atoms with E-state index in [1.54, 1.807) is 11.5 Å². The second kappa shape index (κ2) is 8.68. The molecule has 0 aromatic heterocycles. The first kappa shape index (κ1) is 20.9. The first-order valence-electron chi connectivity index (χ1n) is 8.29. The quantitative estimate of drug-likeness (QED) is 0.614.